The first-order valence-corrected chi connectivity index (χ1v) is 12.0. The van der Waals surface area contributed by atoms with E-state index in [-0.39, 0.29) is 47.7 Å². The van der Waals surface area contributed by atoms with E-state index in [1.54, 1.807) is 0 Å². The van der Waals surface area contributed by atoms with Crippen molar-refractivity contribution in [1.82, 2.24) is 10.6 Å². The number of hydrogen-bond acceptors (Lipinski definition) is 3. The number of nitrogens with zero attached hydrogens (tertiary/aromatic N) is 1. The highest BCUT2D eigenvalue weighted by Crippen LogP contribution is 2.25. The Kier molecular flexibility index (Phi) is 8.60. The fourth-order valence-electron chi connectivity index (χ4n) is 3.95. The van der Waals surface area contributed by atoms with Crippen molar-refractivity contribution in [1.29, 1.82) is 0 Å². The number of halogens is 1. The Bertz CT molecular complexity index is 793. The fraction of sp³-hybridized carbons (Fsp3) is 0.667. The van der Waals surface area contributed by atoms with Gasteiger partial charge < -0.3 is 10.6 Å². The molecule has 1 heterocycles. The summed E-state index contributed by atoms with van der Waals surface area (Å²) in [5.41, 5.74) is 4.25. The molecule has 0 amide bonds. The lowest BCUT2D eigenvalue weighted by Gasteiger charge is -2.23. The predicted octanol–water partition coefficient (Wildman–Crippen LogP) is 3.62. The molecule has 0 radical (unpaired) electrons. The molecule has 0 aromatic heterocycles. The fourth-order valence-corrected chi connectivity index (χ4v) is 5.80. The SMILES string of the molecule is CC(C)NC(=NCC1CCS(=O)(=O)C1)NC(C)c1ccc2c(c1)CCCC2.I. The smallest absolute Gasteiger partial charge is 0.191 e. The summed E-state index contributed by atoms with van der Waals surface area (Å²) in [5, 5.41) is 6.88. The molecule has 5 nitrogen and oxygen atoms in total. The van der Waals surface area contributed by atoms with Gasteiger partial charge in [-0.3, -0.25) is 4.99 Å². The Hall–Kier alpha value is -0.830. The average Bonchev–Trinajstić information content (AvgIpc) is 2.97. The summed E-state index contributed by atoms with van der Waals surface area (Å²) in [6.07, 6.45) is 5.68. The molecule has 2 N–H and O–H groups in total. The molecule has 28 heavy (non-hydrogen) atoms. The highest BCUT2D eigenvalue weighted by Gasteiger charge is 2.27. The van der Waals surface area contributed by atoms with Gasteiger partial charge in [0.15, 0.2) is 15.8 Å². The molecule has 2 atom stereocenters. The minimum absolute atomic E-state index is 0. The summed E-state index contributed by atoms with van der Waals surface area (Å²) in [6, 6.07) is 7.24. The van der Waals surface area contributed by atoms with Crippen LogP contribution < -0.4 is 10.6 Å². The second kappa shape index (κ2) is 10.3. The van der Waals surface area contributed by atoms with E-state index in [2.05, 4.69) is 49.6 Å². The summed E-state index contributed by atoms with van der Waals surface area (Å²) in [7, 11) is -2.85. The van der Waals surface area contributed by atoms with Crippen LogP contribution in [0.5, 0.6) is 0 Å². The van der Waals surface area contributed by atoms with Gasteiger partial charge in [-0.1, -0.05) is 18.2 Å². The molecular formula is C21H34IN3O2S. The second-order valence-electron chi connectivity index (χ2n) is 8.36. The molecule has 1 saturated heterocycles. The Morgan fingerprint density at radius 3 is 2.50 bits per heavy atom. The first-order valence-electron chi connectivity index (χ1n) is 10.2. The highest BCUT2D eigenvalue weighted by atomic mass is 127. The van der Waals surface area contributed by atoms with Gasteiger partial charge in [-0.15, -0.1) is 24.0 Å². The topological polar surface area (TPSA) is 70.6 Å². The van der Waals surface area contributed by atoms with E-state index in [9.17, 15) is 8.42 Å². The predicted molar refractivity (Wildman–Crippen MR) is 127 cm³/mol. The summed E-state index contributed by atoms with van der Waals surface area (Å²) < 4.78 is 23.3. The lowest BCUT2D eigenvalue weighted by molar-refractivity contribution is 0.584. The number of sulfone groups is 1. The summed E-state index contributed by atoms with van der Waals surface area (Å²) in [4.78, 5) is 4.69. The number of nitrogens with one attached hydrogen (secondary N) is 2. The van der Waals surface area contributed by atoms with Crippen molar-refractivity contribution < 1.29 is 8.42 Å². The molecule has 7 heteroatoms. The van der Waals surface area contributed by atoms with E-state index in [4.69, 9.17) is 4.99 Å². The zero-order valence-electron chi connectivity index (χ0n) is 17.2. The largest absolute Gasteiger partial charge is 0.354 e. The minimum atomic E-state index is -2.85. The van der Waals surface area contributed by atoms with Crippen LogP contribution in [0.15, 0.2) is 23.2 Å². The number of guanidine groups is 1. The van der Waals surface area contributed by atoms with Gasteiger partial charge in [-0.2, -0.15) is 0 Å². The Morgan fingerprint density at radius 1 is 1.14 bits per heavy atom. The van der Waals surface area contributed by atoms with E-state index in [1.807, 2.05) is 0 Å². The Balaban J connectivity index is 0.00000280. The third-order valence-electron chi connectivity index (χ3n) is 5.49. The second-order valence-corrected chi connectivity index (χ2v) is 10.6. The van der Waals surface area contributed by atoms with E-state index in [0.717, 1.165) is 12.4 Å². The number of rotatable bonds is 5. The monoisotopic (exact) mass is 519 g/mol. The van der Waals surface area contributed by atoms with Crippen LogP contribution in [0.25, 0.3) is 0 Å². The molecule has 0 spiro atoms. The van der Waals surface area contributed by atoms with Crippen LogP contribution in [0.3, 0.4) is 0 Å². The van der Waals surface area contributed by atoms with Crippen molar-refractivity contribution in [2.45, 2.75) is 65.0 Å². The highest BCUT2D eigenvalue weighted by molar-refractivity contribution is 14.0. The zero-order valence-corrected chi connectivity index (χ0v) is 20.3. The van der Waals surface area contributed by atoms with Crippen molar-refractivity contribution in [2.24, 2.45) is 10.9 Å². The molecule has 2 aliphatic rings. The molecule has 1 aromatic rings. The maximum Gasteiger partial charge on any atom is 0.191 e. The standard InChI is InChI=1S/C21H33N3O2S.HI/c1-15(2)23-21(22-13-17-10-11-27(25,26)14-17)24-16(3)19-9-8-18-6-4-5-7-20(18)12-19;/h8-9,12,15-17H,4-7,10-11,13-14H2,1-3H3,(H2,22,23,24);1H. The maximum absolute atomic E-state index is 11.7. The lowest BCUT2D eigenvalue weighted by Crippen LogP contribution is -2.42. The molecule has 158 valence electrons. The molecule has 0 bridgehead atoms. The summed E-state index contributed by atoms with van der Waals surface area (Å²) in [6.45, 7) is 6.88. The van der Waals surface area contributed by atoms with E-state index < -0.39 is 9.84 Å². The third kappa shape index (κ3) is 6.61. The number of aryl methyl sites for hydroxylation is 2. The molecule has 1 fully saturated rings. The third-order valence-corrected chi connectivity index (χ3v) is 7.32. The molecular weight excluding hydrogens is 485 g/mol. The van der Waals surface area contributed by atoms with Crippen LogP contribution in [0.4, 0.5) is 0 Å². The Labute approximate surface area is 187 Å². The van der Waals surface area contributed by atoms with E-state index >= 15 is 0 Å². The molecule has 1 aliphatic heterocycles. The van der Waals surface area contributed by atoms with Crippen molar-refractivity contribution in [3.63, 3.8) is 0 Å². The van der Waals surface area contributed by atoms with Crippen molar-refractivity contribution in [3.8, 4) is 0 Å². The van der Waals surface area contributed by atoms with Crippen LogP contribution in [-0.2, 0) is 22.7 Å². The maximum atomic E-state index is 11.7. The van der Waals surface area contributed by atoms with Crippen LogP contribution >= 0.6 is 24.0 Å². The first-order chi connectivity index (χ1) is 12.8. The molecule has 2 unspecified atom stereocenters. The summed E-state index contributed by atoms with van der Waals surface area (Å²) in [5.74, 6) is 1.48. The zero-order chi connectivity index (χ0) is 19.4. The van der Waals surface area contributed by atoms with E-state index in [0.29, 0.717) is 12.3 Å². The van der Waals surface area contributed by atoms with Crippen molar-refractivity contribution in [2.75, 3.05) is 18.1 Å². The molecule has 1 aromatic carbocycles. The summed E-state index contributed by atoms with van der Waals surface area (Å²) >= 11 is 0. The van der Waals surface area contributed by atoms with Gasteiger partial charge in [0.05, 0.1) is 17.5 Å². The van der Waals surface area contributed by atoms with Gasteiger partial charge in [0.2, 0.25) is 0 Å². The van der Waals surface area contributed by atoms with Crippen molar-refractivity contribution >= 4 is 39.8 Å². The van der Waals surface area contributed by atoms with Crippen molar-refractivity contribution in [3.05, 3.63) is 34.9 Å². The van der Waals surface area contributed by atoms with Gasteiger partial charge in [0.1, 0.15) is 0 Å². The van der Waals surface area contributed by atoms with Crippen LogP contribution in [0.2, 0.25) is 0 Å². The minimum Gasteiger partial charge on any atom is -0.354 e. The van der Waals surface area contributed by atoms with Crippen LogP contribution in [0, 0.1) is 5.92 Å². The normalized spacial score (nSPS) is 22.3. The number of fused-ring (bicyclic) bond motifs is 1. The van der Waals surface area contributed by atoms with Gasteiger partial charge in [0, 0.05) is 12.6 Å². The molecule has 0 saturated carbocycles. The van der Waals surface area contributed by atoms with E-state index in [1.165, 1.54) is 42.4 Å². The number of hydrogen-bond donors (Lipinski definition) is 2. The molecule has 3 rings (SSSR count). The first kappa shape index (κ1) is 23.4. The quantitative estimate of drug-likeness (QED) is 0.354. The van der Waals surface area contributed by atoms with Gasteiger partial charge in [0.25, 0.3) is 0 Å². The number of benzene rings is 1. The van der Waals surface area contributed by atoms with Crippen LogP contribution in [-0.4, -0.2) is 38.5 Å². The van der Waals surface area contributed by atoms with Gasteiger partial charge in [-0.25, -0.2) is 8.42 Å². The average molecular weight is 519 g/mol. The molecule has 1 aliphatic carbocycles. The Morgan fingerprint density at radius 2 is 1.86 bits per heavy atom. The van der Waals surface area contributed by atoms with Gasteiger partial charge in [-0.05, 0) is 75.5 Å². The number of aliphatic imine (C=N–C) groups is 1. The lowest BCUT2D eigenvalue weighted by atomic mass is 9.89. The van der Waals surface area contributed by atoms with Gasteiger partial charge >= 0.3 is 0 Å². The van der Waals surface area contributed by atoms with Crippen LogP contribution in [0.1, 0.15) is 62.8 Å².